The number of carboxylic acid groups (broad SMARTS) is 1. The molecule has 0 spiro atoms. The molecule has 2 N–H and O–H groups in total. The number of allylic oxidation sites excluding steroid dienone is 1. The van der Waals surface area contributed by atoms with E-state index in [9.17, 15) is 9.59 Å². The summed E-state index contributed by atoms with van der Waals surface area (Å²) in [6, 6.07) is -0.0437. The SMILES string of the molecule is C=CCN([SiH2]OC(=C)C)C(=O)N(C)C.CNC(=O)O. The van der Waals surface area contributed by atoms with Crippen LogP contribution < -0.4 is 5.32 Å². The van der Waals surface area contributed by atoms with Crippen LogP contribution in [-0.4, -0.2) is 64.3 Å². The van der Waals surface area contributed by atoms with Crippen LogP contribution in [0.15, 0.2) is 25.0 Å². The summed E-state index contributed by atoms with van der Waals surface area (Å²) in [5.41, 5.74) is 0. The zero-order valence-electron chi connectivity index (χ0n) is 12.0. The Morgan fingerprint density at radius 2 is 1.95 bits per heavy atom. The average molecular weight is 289 g/mol. The van der Waals surface area contributed by atoms with Crippen LogP contribution in [0.25, 0.3) is 0 Å². The predicted octanol–water partition coefficient (Wildman–Crippen LogP) is 0.589. The van der Waals surface area contributed by atoms with Crippen LogP contribution in [0, 0.1) is 0 Å². The molecule has 110 valence electrons. The van der Waals surface area contributed by atoms with Gasteiger partial charge < -0.3 is 24.3 Å². The third-order valence-corrected chi connectivity index (χ3v) is 3.15. The van der Waals surface area contributed by atoms with Gasteiger partial charge in [0.25, 0.3) is 0 Å². The molecule has 7 nitrogen and oxygen atoms in total. The second-order valence-corrected chi connectivity index (χ2v) is 5.03. The predicted molar refractivity (Wildman–Crippen MR) is 77.5 cm³/mol. The van der Waals surface area contributed by atoms with Crippen LogP contribution in [0.5, 0.6) is 0 Å². The summed E-state index contributed by atoms with van der Waals surface area (Å²) in [4.78, 5) is 22.4. The number of urea groups is 1. The summed E-state index contributed by atoms with van der Waals surface area (Å²) in [6.07, 6.45) is 0.695. The molecule has 0 heterocycles. The van der Waals surface area contributed by atoms with Gasteiger partial charge in [0.15, 0.2) is 0 Å². The van der Waals surface area contributed by atoms with Crippen molar-refractivity contribution in [1.82, 2.24) is 14.8 Å². The molecule has 0 aliphatic rings. The van der Waals surface area contributed by atoms with Gasteiger partial charge in [-0.3, -0.25) is 0 Å². The molecule has 0 fully saturated rings. The third kappa shape index (κ3) is 12.3. The minimum atomic E-state index is -1.05. The van der Waals surface area contributed by atoms with Gasteiger partial charge in [0.1, 0.15) is 0 Å². The van der Waals surface area contributed by atoms with Crippen molar-refractivity contribution in [1.29, 1.82) is 0 Å². The Balaban J connectivity index is 0. The van der Waals surface area contributed by atoms with Crippen molar-refractivity contribution in [2.45, 2.75) is 6.92 Å². The number of nitrogens with one attached hydrogen (secondary N) is 1. The topological polar surface area (TPSA) is 82.1 Å². The third-order valence-electron chi connectivity index (χ3n) is 1.68. The lowest BCUT2D eigenvalue weighted by molar-refractivity contribution is 0.195. The van der Waals surface area contributed by atoms with Crippen molar-refractivity contribution in [3.05, 3.63) is 25.0 Å². The molecule has 0 bridgehead atoms. The maximum Gasteiger partial charge on any atom is 0.404 e. The van der Waals surface area contributed by atoms with E-state index in [0.29, 0.717) is 12.3 Å². The highest BCUT2D eigenvalue weighted by Crippen LogP contribution is 1.97. The van der Waals surface area contributed by atoms with Gasteiger partial charge in [0.05, 0.1) is 5.76 Å². The van der Waals surface area contributed by atoms with Crippen LogP contribution in [-0.2, 0) is 4.43 Å². The summed E-state index contributed by atoms with van der Waals surface area (Å²) >= 11 is 0. The smallest absolute Gasteiger partial charge is 0.404 e. The highest BCUT2D eigenvalue weighted by atomic mass is 28.2. The Morgan fingerprint density at radius 3 is 2.21 bits per heavy atom. The van der Waals surface area contributed by atoms with Crippen LogP contribution in [0.3, 0.4) is 0 Å². The molecule has 0 aromatic rings. The fraction of sp³-hybridized carbons (Fsp3) is 0.455. The molecule has 3 amide bonds. The minimum absolute atomic E-state index is 0.0437. The van der Waals surface area contributed by atoms with E-state index in [1.165, 1.54) is 11.9 Å². The van der Waals surface area contributed by atoms with E-state index in [4.69, 9.17) is 9.53 Å². The molecule has 0 aromatic heterocycles. The zero-order chi connectivity index (χ0) is 15.4. The van der Waals surface area contributed by atoms with Crippen LogP contribution >= 0.6 is 0 Å². The van der Waals surface area contributed by atoms with E-state index in [-0.39, 0.29) is 6.03 Å². The quantitative estimate of drug-likeness (QED) is 0.441. The lowest BCUT2D eigenvalue weighted by Crippen LogP contribution is -2.42. The molecule has 0 rings (SSSR count). The van der Waals surface area contributed by atoms with E-state index in [1.807, 2.05) is 5.32 Å². The number of nitrogens with zero attached hydrogens (tertiary/aromatic N) is 2. The first-order valence-corrected chi connectivity index (χ1v) is 6.73. The first kappa shape index (κ1) is 19.4. The Hall–Kier alpha value is -1.96. The Morgan fingerprint density at radius 1 is 1.47 bits per heavy atom. The summed E-state index contributed by atoms with van der Waals surface area (Å²) < 4.78 is 6.97. The first-order valence-electron chi connectivity index (χ1n) is 5.52. The fourth-order valence-corrected chi connectivity index (χ4v) is 1.87. The summed E-state index contributed by atoms with van der Waals surface area (Å²) in [5.74, 6) is 0.650. The summed E-state index contributed by atoms with van der Waals surface area (Å²) in [6.45, 7) is 9.53. The fourth-order valence-electron chi connectivity index (χ4n) is 0.813. The lowest BCUT2D eigenvalue weighted by atomic mass is 10.6. The monoisotopic (exact) mass is 289 g/mol. The highest BCUT2D eigenvalue weighted by molar-refractivity contribution is 6.29. The average Bonchev–Trinajstić information content (AvgIpc) is 2.33. The van der Waals surface area contributed by atoms with Crippen molar-refractivity contribution in [2.75, 3.05) is 27.7 Å². The molecule has 0 saturated carbocycles. The van der Waals surface area contributed by atoms with Crippen molar-refractivity contribution < 1.29 is 19.1 Å². The lowest BCUT2D eigenvalue weighted by Gasteiger charge is -2.24. The molecule has 0 aromatic carbocycles. The molecule has 8 heteroatoms. The van der Waals surface area contributed by atoms with Crippen LogP contribution in [0.2, 0.25) is 0 Å². The van der Waals surface area contributed by atoms with E-state index >= 15 is 0 Å². The van der Waals surface area contributed by atoms with E-state index in [0.717, 1.165) is 0 Å². The van der Waals surface area contributed by atoms with Gasteiger partial charge in [-0.15, -0.1) is 6.58 Å². The number of carbonyl (C=O) groups excluding carboxylic acids is 1. The van der Waals surface area contributed by atoms with Gasteiger partial charge in [-0.05, 0) is 6.92 Å². The molecule has 0 atom stereocenters. The van der Waals surface area contributed by atoms with Crippen molar-refractivity contribution in [3.63, 3.8) is 0 Å². The van der Waals surface area contributed by atoms with Crippen molar-refractivity contribution in [2.24, 2.45) is 0 Å². The maximum atomic E-state index is 11.6. The van der Waals surface area contributed by atoms with Gasteiger partial charge in [-0.25, -0.2) is 9.59 Å². The van der Waals surface area contributed by atoms with Gasteiger partial charge >= 0.3 is 22.0 Å². The summed E-state index contributed by atoms with van der Waals surface area (Å²) in [5, 5.41) is 9.56. The molecule has 0 unspecified atom stereocenters. The maximum absolute atomic E-state index is 11.6. The number of amides is 3. The number of carbonyl (C=O) groups is 2. The van der Waals surface area contributed by atoms with Crippen LogP contribution in [0.4, 0.5) is 9.59 Å². The molecular formula is C11H23N3O4Si. The van der Waals surface area contributed by atoms with Gasteiger partial charge in [-0.1, -0.05) is 12.7 Å². The molecule has 0 radical (unpaired) electrons. The zero-order valence-corrected chi connectivity index (χ0v) is 13.4. The second-order valence-electron chi connectivity index (χ2n) is 3.72. The second kappa shape index (κ2) is 11.1. The molecule has 0 aliphatic heterocycles. The molecule has 0 aliphatic carbocycles. The Bertz CT molecular complexity index is 321. The van der Waals surface area contributed by atoms with Crippen LogP contribution in [0.1, 0.15) is 6.92 Å². The van der Waals surface area contributed by atoms with E-state index in [1.54, 1.807) is 31.7 Å². The van der Waals surface area contributed by atoms with E-state index < -0.39 is 16.0 Å². The normalized spacial score (nSPS) is 9.05. The highest BCUT2D eigenvalue weighted by Gasteiger charge is 2.14. The van der Waals surface area contributed by atoms with Gasteiger partial charge in [0.2, 0.25) is 0 Å². The molecular weight excluding hydrogens is 266 g/mol. The summed E-state index contributed by atoms with van der Waals surface area (Å²) in [7, 11) is 3.73. The van der Waals surface area contributed by atoms with Gasteiger partial charge in [-0.2, -0.15) is 0 Å². The van der Waals surface area contributed by atoms with Crippen molar-refractivity contribution >= 4 is 22.0 Å². The minimum Gasteiger partial charge on any atom is -0.534 e. The standard InChI is InChI=1S/C9H18N2O2Si.C2H5NO2/c1-6-7-11(9(12)10(4)5)14-13-8(2)3;1-3-2(4)5/h6H,1-2,7,14H2,3-5H3;3H,1H3,(H,4,5). The number of rotatable bonds is 5. The molecule has 19 heavy (non-hydrogen) atoms. The Kier molecular flexibility index (Phi) is 11.4. The first-order chi connectivity index (χ1) is 8.76. The van der Waals surface area contributed by atoms with E-state index in [2.05, 4.69) is 13.2 Å². The molecule has 0 saturated heterocycles. The number of hydrogen-bond donors (Lipinski definition) is 2. The Labute approximate surface area is 116 Å². The van der Waals surface area contributed by atoms with Gasteiger partial charge in [0, 0.05) is 27.7 Å². The number of hydrogen-bond acceptors (Lipinski definition) is 3. The largest absolute Gasteiger partial charge is 0.534 e. The van der Waals surface area contributed by atoms with Crippen molar-refractivity contribution in [3.8, 4) is 0 Å².